The van der Waals surface area contributed by atoms with Crippen LogP contribution in [0.4, 0.5) is 22.0 Å². The van der Waals surface area contributed by atoms with E-state index in [2.05, 4.69) is 0 Å². The molecule has 0 aliphatic heterocycles. The summed E-state index contributed by atoms with van der Waals surface area (Å²) in [5.74, 6) is 2.32. The van der Waals surface area contributed by atoms with Crippen LogP contribution in [0.5, 0.6) is 5.75 Å². The maximum atomic E-state index is 12.9. The molecule has 114 valence electrons. The second-order valence-corrected chi connectivity index (χ2v) is 4.00. The van der Waals surface area contributed by atoms with Crippen LogP contribution in [-0.2, 0) is 11.0 Å². The van der Waals surface area contributed by atoms with Crippen molar-refractivity contribution in [2.24, 2.45) is 5.73 Å². The third kappa shape index (κ3) is 4.63. The summed E-state index contributed by atoms with van der Waals surface area (Å²) in [4.78, 5) is 10.5. The van der Waals surface area contributed by atoms with Crippen LogP contribution in [0.2, 0.25) is 0 Å². The molecule has 0 aromatic heterocycles. The van der Waals surface area contributed by atoms with Crippen molar-refractivity contribution in [2.45, 2.75) is 11.8 Å². The van der Waals surface area contributed by atoms with Crippen molar-refractivity contribution < 1.29 is 31.5 Å². The predicted octanol–water partition coefficient (Wildman–Crippen LogP) is 2.25. The van der Waals surface area contributed by atoms with Crippen molar-refractivity contribution in [3.8, 4) is 17.6 Å². The van der Waals surface area contributed by atoms with E-state index in [0.29, 0.717) is 12.1 Å². The molecule has 1 aromatic rings. The Hall–Kier alpha value is -2.30. The lowest BCUT2D eigenvalue weighted by molar-refractivity contribution is -0.137. The van der Waals surface area contributed by atoms with Crippen molar-refractivity contribution >= 4 is 5.91 Å². The van der Waals surface area contributed by atoms with Gasteiger partial charge >= 0.3 is 6.18 Å². The molecule has 0 aliphatic carbocycles. The number of hydrogen-bond acceptors (Lipinski definition) is 2. The zero-order valence-electron chi connectivity index (χ0n) is 10.5. The number of primary amides is 1. The molecule has 3 nitrogen and oxygen atoms in total. The zero-order chi connectivity index (χ0) is 16.1. The van der Waals surface area contributed by atoms with Crippen LogP contribution in [-0.4, -0.2) is 24.9 Å². The van der Waals surface area contributed by atoms with Crippen LogP contribution in [0.3, 0.4) is 0 Å². The van der Waals surface area contributed by atoms with Crippen LogP contribution >= 0.6 is 0 Å². The fourth-order valence-corrected chi connectivity index (χ4v) is 1.30. The van der Waals surface area contributed by atoms with Crippen molar-refractivity contribution in [1.29, 1.82) is 0 Å². The van der Waals surface area contributed by atoms with Crippen LogP contribution in [0.25, 0.3) is 0 Å². The van der Waals surface area contributed by atoms with Gasteiger partial charge in [0.2, 0.25) is 5.60 Å². The minimum Gasteiger partial charge on any atom is -0.469 e. The molecule has 0 heterocycles. The fraction of sp³-hybridized carbons (Fsp3) is 0.308. The Kier molecular flexibility index (Phi) is 5.13. The molecule has 21 heavy (non-hydrogen) atoms. The maximum Gasteiger partial charge on any atom is 0.416 e. The van der Waals surface area contributed by atoms with Crippen molar-refractivity contribution in [2.75, 3.05) is 13.3 Å². The second kappa shape index (κ2) is 6.43. The smallest absolute Gasteiger partial charge is 0.416 e. The van der Waals surface area contributed by atoms with E-state index in [9.17, 15) is 26.7 Å². The van der Waals surface area contributed by atoms with Gasteiger partial charge in [0.25, 0.3) is 5.91 Å². The number of ether oxygens (including phenoxy) is 1. The summed E-state index contributed by atoms with van der Waals surface area (Å²) in [7, 11) is 0. The highest BCUT2D eigenvalue weighted by Crippen LogP contribution is 2.31. The van der Waals surface area contributed by atoms with Gasteiger partial charge in [0.15, 0.2) is 0 Å². The highest BCUT2D eigenvalue weighted by Gasteiger charge is 2.33. The van der Waals surface area contributed by atoms with E-state index in [1.54, 1.807) is 5.92 Å². The number of rotatable bonds is 4. The normalized spacial score (nSPS) is 11.5. The molecule has 0 radical (unpaired) electrons. The summed E-state index contributed by atoms with van der Waals surface area (Å²) >= 11 is 0. The van der Waals surface area contributed by atoms with Crippen LogP contribution in [0.1, 0.15) is 5.56 Å². The van der Waals surface area contributed by atoms with Gasteiger partial charge in [-0.1, -0.05) is 0 Å². The van der Waals surface area contributed by atoms with Gasteiger partial charge in [-0.3, -0.25) is 4.79 Å². The highest BCUT2D eigenvalue weighted by molar-refractivity contribution is 5.92. The van der Waals surface area contributed by atoms with E-state index in [-0.39, 0.29) is 5.75 Å². The minimum atomic E-state index is -4.54. The van der Waals surface area contributed by atoms with Gasteiger partial charge in [-0.15, -0.1) is 0 Å². The summed E-state index contributed by atoms with van der Waals surface area (Å²) in [5.41, 5.74) is 1.51. The van der Waals surface area contributed by atoms with Crippen molar-refractivity contribution in [3.05, 3.63) is 29.8 Å². The number of alkyl halides is 5. The van der Waals surface area contributed by atoms with Crippen molar-refractivity contribution in [1.82, 2.24) is 0 Å². The SMILES string of the molecule is NC(=O)C#CC(CF)(CF)Oc1ccc(C(F)(F)F)cc1. The number of hydrogen-bond donors (Lipinski definition) is 1. The van der Waals surface area contributed by atoms with E-state index < -0.39 is 36.6 Å². The largest absolute Gasteiger partial charge is 0.469 e. The Labute approximate surface area is 116 Å². The Morgan fingerprint density at radius 2 is 1.67 bits per heavy atom. The van der Waals surface area contributed by atoms with Gasteiger partial charge in [-0.05, 0) is 36.1 Å². The Balaban J connectivity index is 3.01. The Morgan fingerprint density at radius 1 is 1.14 bits per heavy atom. The Bertz CT molecular complexity index is 553. The first-order valence-electron chi connectivity index (χ1n) is 5.53. The molecule has 1 amide bonds. The standard InChI is InChI=1S/C13H10F5NO2/c14-7-12(8-15,6-5-11(19)20)21-10-3-1-9(2-4-10)13(16,17)18/h1-4H,7-8H2,(H2,19,20). The summed E-state index contributed by atoms with van der Waals surface area (Å²) < 4.78 is 67.9. The molecule has 0 saturated heterocycles. The van der Waals surface area contributed by atoms with Gasteiger partial charge in [0.05, 0.1) is 5.56 Å². The monoisotopic (exact) mass is 307 g/mol. The lowest BCUT2D eigenvalue weighted by Crippen LogP contribution is -2.40. The number of carbonyl (C=O) groups is 1. The number of nitrogens with two attached hydrogens (primary N) is 1. The number of halogens is 5. The van der Waals surface area contributed by atoms with E-state index in [0.717, 1.165) is 12.1 Å². The molecular formula is C13H10F5NO2. The Morgan fingerprint density at radius 3 is 2.05 bits per heavy atom. The number of amides is 1. The summed E-state index contributed by atoms with van der Waals surface area (Å²) in [6.07, 6.45) is -4.54. The van der Waals surface area contributed by atoms with E-state index in [1.165, 1.54) is 0 Å². The van der Waals surface area contributed by atoms with Gasteiger partial charge in [-0.2, -0.15) is 13.2 Å². The first kappa shape index (κ1) is 16.8. The molecule has 0 spiro atoms. The van der Waals surface area contributed by atoms with Gasteiger partial charge < -0.3 is 10.5 Å². The molecule has 0 saturated carbocycles. The van der Waals surface area contributed by atoms with Gasteiger partial charge in [0.1, 0.15) is 19.1 Å². The zero-order valence-corrected chi connectivity index (χ0v) is 10.5. The molecule has 1 aromatic carbocycles. The molecule has 0 unspecified atom stereocenters. The number of benzene rings is 1. The quantitative estimate of drug-likeness (QED) is 0.685. The minimum absolute atomic E-state index is 0.225. The molecule has 2 N–H and O–H groups in total. The highest BCUT2D eigenvalue weighted by atomic mass is 19.4. The fourth-order valence-electron chi connectivity index (χ4n) is 1.30. The lowest BCUT2D eigenvalue weighted by Gasteiger charge is -2.23. The van der Waals surface area contributed by atoms with Crippen molar-refractivity contribution in [3.63, 3.8) is 0 Å². The summed E-state index contributed by atoms with van der Waals surface area (Å²) in [6, 6.07) is 3.18. The molecule has 0 bridgehead atoms. The topological polar surface area (TPSA) is 52.3 Å². The summed E-state index contributed by atoms with van der Waals surface area (Å²) in [5, 5.41) is 0. The maximum absolute atomic E-state index is 12.9. The summed E-state index contributed by atoms with van der Waals surface area (Å²) in [6.45, 7) is -2.82. The molecule has 0 atom stereocenters. The average Bonchev–Trinajstić information content (AvgIpc) is 2.43. The third-order valence-electron chi connectivity index (χ3n) is 2.34. The second-order valence-electron chi connectivity index (χ2n) is 4.00. The third-order valence-corrected chi connectivity index (χ3v) is 2.34. The molecule has 8 heteroatoms. The van der Waals surface area contributed by atoms with Crippen LogP contribution < -0.4 is 10.5 Å². The van der Waals surface area contributed by atoms with Crippen LogP contribution in [0.15, 0.2) is 24.3 Å². The molecular weight excluding hydrogens is 297 g/mol. The first-order chi connectivity index (χ1) is 9.72. The van der Waals surface area contributed by atoms with Gasteiger partial charge in [-0.25, -0.2) is 8.78 Å². The number of carbonyl (C=O) groups excluding carboxylic acids is 1. The van der Waals surface area contributed by atoms with Gasteiger partial charge in [0, 0.05) is 0 Å². The van der Waals surface area contributed by atoms with E-state index in [1.807, 2.05) is 5.92 Å². The van der Waals surface area contributed by atoms with Crippen LogP contribution in [0, 0.1) is 11.8 Å². The van der Waals surface area contributed by atoms with E-state index in [4.69, 9.17) is 10.5 Å². The predicted molar refractivity (Wildman–Crippen MR) is 63.7 cm³/mol. The molecule has 1 rings (SSSR count). The molecule has 0 fully saturated rings. The average molecular weight is 307 g/mol. The molecule has 0 aliphatic rings. The first-order valence-corrected chi connectivity index (χ1v) is 5.53. The van der Waals surface area contributed by atoms with E-state index >= 15 is 0 Å². The lowest BCUT2D eigenvalue weighted by atomic mass is 10.1.